The monoisotopic (exact) mass is 270 g/mol. The molecule has 0 fully saturated rings. The number of hydrogen-bond donors (Lipinski definition) is 1. The van der Waals surface area contributed by atoms with Crippen LogP contribution in [0.25, 0.3) is 0 Å². The van der Waals surface area contributed by atoms with E-state index in [2.05, 4.69) is 11.8 Å². The lowest BCUT2D eigenvalue weighted by molar-refractivity contribution is 0.259. The van der Waals surface area contributed by atoms with Crippen molar-refractivity contribution in [2.24, 2.45) is 5.73 Å². The normalized spacial score (nSPS) is 12.8. The summed E-state index contributed by atoms with van der Waals surface area (Å²) in [5, 5.41) is 0.730. The molecule has 1 atom stereocenters. The van der Waals surface area contributed by atoms with Crippen molar-refractivity contribution in [3.63, 3.8) is 0 Å². The Morgan fingerprint density at radius 1 is 1.39 bits per heavy atom. The Labute approximate surface area is 115 Å². The zero-order valence-corrected chi connectivity index (χ0v) is 12.2. The fourth-order valence-electron chi connectivity index (χ4n) is 1.61. The van der Waals surface area contributed by atoms with Gasteiger partial charge in [-0.15, -0.1) is 0 Å². The maximum absolute atomic E-state index is 6.02. The Morgan fingerprint density at radius 3 is 2.72 bits per heavy atom. The molecule has 4 heteroatoms. The van der Waals surface area contributed by atoms with Crippen molar-refractivity contribution < 1.29 is 4.74 Å². The molecule has 0 radical (unpaired) electrons. The number of nitrogens with two attached hydrogens (primary N) is 1. The standard InChI is InChI=1S/C14H23ClN2O/c1-4-13(16)10-11-9-12(15)5-6-14(11)18-8-7-17(2)3/h5-6,9,13H,4,7-8,10,16H2,1-3H3. The molecule has 0 aromatic heterocycles. The van der Waals surface area contributed by atoms with E-state index in [9.17, 15) is 0 Å². The number of rotatable bonds is 7. The minimum Gasteiger partial charge on any atom is -0.492 e. The van der Waals surface area contributed by atoms with E-state index in [0.29, 0.717) is 6.61 Å². The third-order valence-electron chi connectivity index (χ3n) is 2.83. The zero-order valence-electron chi connectivity index (χ0n) is 11.4. The molecule has 1 rings (SSSR count). The summed E-state index contributed by atoms with van der Waals surface area (Å²) in [4.78, 5) is 2.09. The van der Waals surface area contributed by atoms with Crippen LogP contribution in [0.15, 0.2) is 18.2 Å². The molecule has 1 unspecified atom stereocenters. The van der Waals surface area contributed by atoms with Crippen LogP contribution >= 0.6 is 11.6 Å². The van der Waals surface area contributed by atoms with Gasteiger partial charge < -0.3 is 15.4 Å². The predicted octanol–water partition coefficient (Wildman–Crippen LogP) is 2.56. The first-order chi connectivity index (χ1) is 8.52. The van der Waals surface area contributed by atoms with Crippen LogP contribution in [0.3, 0.4) is 0 Å². The van der Waals surface area contributed by atoms with Gasteiger partial charge in [0.2, 0.25) is 0 Å². The highest BCUT2D eigenvalue weighted by atomic mass is 35.5. The Bertz CT molecular complexity index is 369. The number of nitrogens with zero attached hydrogens (tertiary/aromatic N) is 1. The minimum atomic E-state index is 0.152. The van der Waals surface area contributed by atoms with Crippen LogP contribution < -0.4 is 10.5 Å². The van der Waals surface area contributed by atoms with E-state index in [1.165, 1.54) is 0 Å². The number of likely N-dealkylation sites (N-methyl/N-ethyl adjacent to an activating group) is 1. The SMILES string of the molecule is CCC(N)Cc1cc(Cl)ccc1OCCN(C)C. The molecule has 1 aromatic rings. The van der Waals surface area contributed by atoms with E-state index < -0.39 is 0 Å². The molecule has 0 aliphatic heterocycles. The smallest absolute Gasteiger partial charge is 0.122 e. The van der Waals surface area contributed by atoms with Crippen molar-refractivity contribution in [2.75, 3.05) is 27.2 Å². The van der Waals surface area contributed by atoms with Crippen molar-refractivity contribution in [3.8, 4) is 5.75 Å². The summed E-state index contributed by atoms with van der Waals surface area (Å²) in [6.07, 6.45) is 1.75. The molecule has 0 spiro atoms. The summed E-state index contributed by atoms with van der Waals surface area (Å²) < 4.78 is 5.79. The van der Waals surface area contributed by atoms with Gasteiger partial charge in [-0.05, 0) is 50.7 Å². The molecular weight excluding hydrogens is 248 g/mol. The summed E-state index contributed by atoms with van der Waals surface area (Å²) in [6.45, 7) is 3.65. The number of halogens is 1. The second-order valence-electron chi connectivity index (χ2n) is 4.78. The first kappa shape index (κ1) is 15.3. The second-order valence-corrected chi connectivity index (χ2v) is 5.21. The Hall–Kier alpha value is -0.770. The lowest BCUT2D eigenvalue weighted by Crippen LogP contribution is -2.23. The third-order valence-corrected chi connectivity index (χ3v) is 3.06. The van der Waals surface area contributed by atoms with Crippen molar-refractivity contribution in [3.05, 3.63) is 28.8 Å². The van der Waals surface area contributed by atoms with Gasteiger partial charge in [0.25, 0.3) is 0 Å². The second kappa shape index (κ2) is 7.62. The van der Waals surface area contributed by atoms with Crippen LogP contribution in [0.2, 0.25) is 5.02 Å². The fourth-order valence-corrected chi connectivity index (χ4v) is 1.81. The van der Waals surface area contributed by atoms with E-state index in [1.54, 1.807) is 0 Å². The minimum absolute atomic E-state index is 0.152. The van der Waals surface area contributed by atoms with E-state index in [4.69, 9.17) is 22.1 Å². The number of benzene rings is 1. The van der Waals surface area contributed by atoms with Crippen molar-refractivity contribution in [1.29, 1.82) is 0 Å². The van der Waals surface area contributed by atoms with Crippen LogP contribution in [-0.4, -0.2) is 38.2 Å². The fraction of sp³-hybridized carbons (Fsp3) is 0.571. The topological polar surface area (TPSA) is 38.5 Å². The molecule has 2 N–H and O–H groups in total. The summed E-state index contributed by atoms with van der Waals surface area (Å²) in [6, 6.07) is 5.88. The van der Waals surface area contributed by atoms with Crippen LogP contribution in [0.4, 0.5) is 0 Å². The van der Waals surface area contributed by atoms with Gasteiger partial charge in [-0.1, -0.05) is 18.5 Å². The molecule has 1 aromatic carbocycles. The van der Waals surface area contributed by atoms with Crippen LogP contribution in [0, 0.1) is 0 Å². The molecule has 18 heavy (non-hydrogen) atoms. The van der Waals surface area contributed by atoms with Gasteiger partial charge in [-0.2, -0.15) is 0 Å². The Kier molecular flexibility index (Phi) is 6.47. The largest absolute Gasteiger partial charge is 0.492 e. The molecule has 0 heterocycles. The number of ether oxygens (including phenoxy) is 1. The van der Waals surface area contributed by atoms with Gasteiger partial charge in [-0.25, -0.2) is 0 Å². The Balaban J connectivity index is 2.70. The summed E-state index contributed by atoms with van der Waals surface area (Å²) in [5.74, 6) is 0.894. The molecule has 0 bridgehead atoms. The van der Waals surface area contributed by atoms with E-state index >= 15 is 0 Å². The lowest BCUT2D eigenvalue weighted by Gasteiger charge is -2.16. The molecule has 102 valence electrons. The van der Waals surface area contributed by atoms with Crippen LogP contribution in [0.5, 0.6) is 5.75 Å². The van der Waals surface area contributed by atoms with Crippen LogP contribution in [0.1, 0.15) is 18.9 Å². The quantitative estimate of drug-likeness (QED) is 0.828. The first-order valence-electron chi connectivity index (χ1n) is 6.34. The molecule has 0 saturated carbocycles. The number of hydrogen-bond acceptors (Lipinski definition) is 3. The highest BCUT2D eigenvalue weighted by molar-refractivity contribution is 6.30. The van der Waals surface area contributed by atoms with E-state index in [0.717, 1.165) is 35.7 Å². The van der Waals surface area contributed by atoms with Gasteiger partial charge in [0.05, 0.1) is 0 Å². The van der Waals surface area contributed by atoms with Gasteiger partial charge in [-0.3, -0.25) is 0 Å². The summed E-state index contributed by atoms with van der Waals surface area (Å²) in [7, 11) is 4.05. The maximum Gasteiger partial charge on any atom is 0.122 e. The molecule has 0 saturated heterocycles. The molecule has 0 aliphatic rings. The Morgan fingerprint density at radius 2 is 2.11 bits per heavy atom. The highest BCUT2D eigenvalue weighted by Crippen LogP contribution is 2.24. The van der Waals surface area contributed by atoms with Gasteiger partial charge in [0.15, 0.2) is 0 Å². The maximum atomic E-state index is 6.02. The first-order valence-corrected chi connectivity index (χ1v) is 6.72. The van der Waals surface area contributed by atoms with Crippen molar-refractivity contribution in [1.82, 2.24) is 4.90 Å². The predicted molar refractivity (Wildman–Crippen MR) is 77.5 cm³/mol. The molecule has 3 nitrogen and oxygen atoms in total. The molecule has 0 aliphatic carbocycles. The van der Waals surface area contributed by atoms with Gasteiger partial charge in [0, 0.05) is 17.6 Å². The van der Waals surface area contributed by atoms with Gasteiger partial charge in [0.1, 0.15) is 12.4 Å². The summed E-state index contributed by atoms with van der Waals surface area (Å²) >= 11 is 6.02. The van der Waals surface area contributed by atoms with Crippen LogP contribution in [-0.2, 0) is 6.42 Å². The average molecular weight is 271 g/mol. The van der Waals surface area contributed by atoms with Crippen molar-refractivity contribution in [2.45, 2.75) is 25.8 Å². The summed E-state index contributed by atoms with van der Waals surface area (Å²) in [5.41, 5.74) is 7.09. The van der Waals surface area contributed by atoms with Crippen molar-refractivity contribution >= 4 is 11.6 Å². The third kappa shape index (κ3) is 5.25. The lowest BCUT2D eigenvalue weighted by atomic mass is 10.0. The van der Waals surface area contributed by atoms with E-state index in [-0.39, 0.29) is 6.04 Å². The van der Waals surface area contributed by atoms with E-state index in [1.807, 2.05) is 32.3 Å². The average Bonchev–Trinajstić information content (AvgIpc) is 2.31. The molecule has 0 amide bonds. The highest BCUT2D eigenvalue weighted by Gasteiger charge is 2.09. The zero-order chi connectivity index (χ0) is 13.5. The molecular formula is C14H23ClN2O. The van der Waals surface area contributed by atoms with Gasteiger partial charge >= 0.3 is 0 Å².